The first kappa shape index (κ1) is 21.6. The second-order valence-corrected chi connectivity index (χ2v) is 10.7. The monoisotopic (exact) mass is 463 g/mol. The van der Waals surface area contributed by atoms with Gasteiger partial charge in [0.1, 0.15) is 5.69 Å². The SMILES string of the molecule is O=C(Cc1ccccc1)Nc1ccc2n(c1=O)CC1CC2CN(S(=O)(=O)c2ccccc2)C1. The number of sulfonamides is 1. The lowest BCUT2D eigenvalue weighted by molar-refractivity contribution is -0.115. The van der Waals surface area contributed by atoms with Gasteiger partial charge in [-0.3, -0.25) is 9.59 Å². The summed E-state index contributed by atoms with van der Waals surface area (Å²) in [7, 11) is -3.58. The van der Waals surface area contributed by atoms with Gasteiger partial charge in [-0.25, -0.2) is 8.42 Å². The summed E-state index contributed by atoms with van der Waals surface area (Å²) in [4.78, 5) is 25.9. The predicted octanol–water partition coefficient (Wildman–Crippen LogP) is 2.84. The smallest absolute Gasteiger partial charge is 0.274 e. The first-order valence-electron chi connectivity index (χ1n) is 11.0. The van der Waals surface area contributed by atoms with Gasteiger partial charge in [0.25, 0.3) is 5.56 Å². The molecule has 2 bridgehead atoms. The third-order valence-corrected chi connectivity index (χ3v) is 8.28. The highest BCUT2D eigenvalue weighted by atomic mass is 32.2. The average molecular weight is 464 g/mol. The molecule has 3 heterocycles. The van der Waals surface area contributed by atoms with Crippen molar-refractivity contribution in [3.05, 3.63) is 94.4 Å². The van der Waals surface area contributed by atoms with Crippen molar-refractivity contribution in [2.45, 2.75) is 30.2 Å². The van der Waals surface area contributed by atoms with Gasteiger partial charge in [-0.1, -0.05) is 48.5 Å². The van der Waals surface area contributed by atoms with Crippen LogP contribution in [0.3, 0.4) is 0 Å². The molecule has 170 valence electrons. The molecule has 1 aromatic heterocycles. The fourth-order valence-electron chi connectivity index (χ4n) is 4.91. The lowest BCUT2D eigenvalue weighted by atomic mass is 9.84. The molecule has 2 atom stereocenters. The largest absolute Gasteiger partial charge is 0.321 e. The zero-order valence-corrected chi connectivity index (χ0v) is 18.9. The maximum absolute atomic E-state index is 13.1. The number of piperidine rings is 1. The third kappa shape index (κ3) is 4.24. The van der Waals surface area contributed by atoms with Crippen LogP contribution in [-0.2, 0) is 27.8 Å². The molecule has 1 saturated heterocycles. The van der Waals surface area contributed by atoms with Crippen LogP contribution in [0.2, 0.25) is 0 Å². The molecule has 7 nitrogen and oxygen atoms in total. The molecule has 33 heavy (non-hydrogen) atoms. The lowest BCUT2D eigenvalue weighted by Gasteiger charge is -2.42. The van der Waals surface area contributed by atoms with Crippen LogP contribution in [0.1, 0.15) is 23.6 Å². The summed E-state index contributed by atoms with van der Waals surface area (Å²) in [5, 5.41) is 2.75. The van der Waals surface area contributed by atoms with E-state index >= 15 is 0 Å². The molecule has 0 aliphatic carbocycles. The van der Waals surface area contributed by atoms with Gasteiger partial charge >= 0.3 is 0 Å². The first-order valence-corrected chi connectivity index (χ1v) is 12.5. The summed E-state index contributed by atoms with van der Waals surface area (Å²) in [5.74, 6) is -0.254. The minimum Gasteiger partial charge on any atom is -0.321 e. The van der Waals surface area contributed by atoms with E-state index in [9.17, 15) is 18.0 Å². The van der Waals surface area contributed by atoms with E-state index in [0.717, 1.165) is 17.7 Å². The Morgan fingerprint density at radius 2 is 1.61 bits per heavy atom. The van der Waals surface area contributed by atoms with Crippen molar-refractivity contribution in [3.63, 3.8) is 0 Å². The fourth-order valence-corrected chi connectivity index (χ4v) is 6.49. The number of nitrogens with zero attached hydrogens (tertiary/aromatic N) is 2. The van der Waals surface area contributed by atoms with Crippen LogP contribution in [-0.4, -0.2) is 36.3 Å². The molecule has 8 heteroatoms. The van der Waals surface area contributed by atoms with Gasteiger partial charge in [-0.15, -0.1) is 0 Å². The zero-order valence-electron chi connectivity index (χ0n) is 18.1. The highest BCUT2D eigenvalue weighted by Crippen LogP contribution is 2.37. The van der Waals surface area contributed by atoms with E-state index in [1.165, 1.54) is 0 Å². The van der Waals surface area contributed by atoms with E-state index in [-0.39, 0.29) is 35.4 Å². The number of nitrogens with one attached hydrogen (secondary N) is 1. The molecule has 5 rings (SSSR count). The number of carbonyl (C=O) groups excluding carboxylic acids is 1. The van der Waals surface area contributed by atoms with Gasteiger partial charge in [-0.05, 0) is 42.2 Å². The molecule has 2 aromatic carbocycles. The van der Waals surface area contributed by atoms with E-state index in [4.69, 9.17) is 0 Å². The Labute approximate surface area is 192 Å². The molecule has 3 aromatic rings. The summed E-state index contributed by atoms with van der Waals surface area (Å²) in [6, 6.07) is 21.3. The van der Waals surface area contributed by atoms with Crippen molar-refractivity contribution in [3.8, 4) is 0 Å². The quantitative estimate of drug-likeness (QED) is 0.630. The Morgan fingerprint density at radius 3 is 2.33 bits per heavy atom. The zero-order chi connectivity index (χ0) is 23.0. The molecule has 2 unspecified atom stereocenters. The molecular weight excluding hydrogens is 438 g/mol. The third-order valence-electron chi connectivity index (χ3n) is 6.43. The van der Waals surface area contributed by atoms with Gasteiger partial charge in [0.2, 0.25) is 15.9 Å². The number of fused-ring (bicyclic) bond motifs is 4. The van der Waals surface area contributed by atoms with Crippen LogP contribution < -0.4 is 10.9 Å². The summed E-state index contributed by atoms with van der Waals surface area (Å²) in [6.45, 7) is 1.16. The number of benzene rings is 2. The number of rotatable bonds is 5. The average Bonchev–Trinajstić information content (AvgIpc) is 2.82. The van der Waals surface area contributed by atoms with Crippen LogP contribution >= 0.6 is 0 Å². The van der Waals surface area contributed by atoms with Gasteiger partial charge in [0, 0.05) is 31.2 Å². The van der Waals surface area contributed by atoms with Crippen molar-refractivity contribution < 1.29 is 13.2 Å². The maximum Gasteiger partial charge on any atom is 0.274 e. The Morgan fingerprint density at radius 1 is 0.909 bits per heavy atom. The summed E-state index contributed by atoms with van der Waals surface area (Å²) < 4.78 is 29.5. The minimum atomic E-state index is -3.58. The number of amides is 1. The normalized spacial score (nSPS) is 20.1. The second-order valence-electron chi connectivity index (χ2n) is 8.73. The highest BCUT2D eigenvalue weighted by molar-refractivity contribution is 7.89. The van der Waals surface area contributed by atoms with E-state index in [0.29, 0.717) is 24.5 Å². The highest BCUT2D eigenvalue weighted by Gasteiger charge is 2.39. The van der Waals surface area contributed by atoms with Crippen molar-refractivity contribution in [2.24, 2.45) is 5.92 Å². The Hall–Kier alpha value is -3.23. The number of aromatic nitrogens is 1. The van der Waals surface area contributed by atoms with E-state index in [1.54, 1.807) is 45.3 Å². The molecule has 2 aliphatic heterocycles. The van der Waals surface area contributed by atoms with E-state index < -0.39 is 10.0 Å². The fraction of sp³-hybridized carbons (Fsp3) is 0.280. The maximum atomic E-state index is 13.1. The first-order chi connectivity index (χ1) is 15.9. The van der Waals surface area contributed by atoms with Crippen LogP contribution in [0.15, 0.2) is 82.5 Å². The Balaban J connectivity index is 1.37. The minimum absolute atomic E-state index is 0.0442. The van der Waals surface area contributed by atoms with E-state index in [1.807, 2.05) is 36.4 Å². The van der Waals surface area contributed by atoms with Gasteiger partial charge < -0.3 is 9.88 Å². The van der Waals surface area contributed by atoms with Crippen LogP contribution in [0, 0.1) is 5.92 Å². The van der Waals surface area contributed by atoms with Crippen molar-refractivity contribution in [2.75, 3.05) is 18.4 Å². The lowest BCUT2D eigenvalue weighted by Crippen LogP contribution is -2.49. The van der Waals surface area contributed by atoms with Crippen molar-refractivity contribution in [1.82, 2.24) is 8.87 Å². The Bertz CT molecular complexity index is 1340. The molecule has 1 fully saturated rings. The topological polar surface area (TPSA) is 88.5 Å². The second kappa shape index (κ2) is 8.61. The number of carbonyl (C=O) groups is 1. The van der Waals surface area contributed by atoms with Crippen molar-refractivity contribution in [1.29, 1.82) is 0 Å². The summed E-state index contributed by atoms with van der Waals surface area (Å²) in [5.41, 5.74) is 1.73. The standard InChI is InChI=1S/C25H25N3O4S/c29-24(14-18-7-3-1-4-8-18)26-22-11-12-23-20-13-19(16-28(23)25(22)30)15-27(17-20)33(31,32)21-9-5-2-6-10-21/h1-12,19-20H,13-17H2,(H,26,29). The molecule has 0 saturated carbocycles. The van der Waals surface area contributed by atoms with Crippen LogP contribution in [0.25, 0.3) is 0 Å². The summed E-state index contributed by atoms with van der Waals surface area (Å²) in [6.07, 6.45) is 1.04. The molecular formula is C25H25N3O4S. The molecule has 2 aliphatic rings. The molecule has 0 spiro atoms. The Kier molecular flexibility index (Phi) is 5.64. The van der Waals surface area contributed by atoms with Gasteiger partial charge in [0.15, 0.2) is 0 Å². The number of hydrogen-bond acceptors (Lipinski definition) is 4. The molecule has 1 amide bonds. The van der Waals surface area contributed by atoms with Crippen LogP contribution in [0.5, 0.6) is 0 Å². The van der Waals surface area contributed by atoms with Gasteiger partial charge in [-0.2, -0.15) is 4.31 Å². The molecule has 1 N–H and O–H groups in total. The number of anilines is 1. The number of pyridine rings is 1. The van der Waals surface area contributed by atoms with Crippen molar-refractivity contribution >= 4 is 21.6 Å². The summed E-state index contributed by atoms with van der Waals surface area (Å²) >= 11 is 0. The predicted molar refractivity (Wildman–Crippen MR) is 126 cm³/mol. The molecule has 0 radical (unpaired) electrons. The number of hydrogen-bond donors (Lipinski definition) is 1. The van der Waals surface area contributed by atoms with Gasteiger partial charge in [0.05, 0.1) is 11.3 Å². The van der Waals surface area contributed by atoms with Crippen LogP contribution in [0.4, 0.5) is 5.69 Å². The van der Waals surface area contributed by atoms with E-state index in [2.05, 4.69) is 5.32 Å².